The van der Waals surface area contributed by atoms with E-state index in [1.54, 1.807) is 18.2 Å². The number of amides is 1. The first kappa shape index (κ1) is 19.3. The van der Waals surface area contributed by atoms with Crippen molar-refractivity contribution in [3.63, 3.8) is 0 Å². The zero-order valence-electron chi connectivity index (χ0n) is 16.5. The Kier molecular flexibility index (Phi) is 4.67. The molecule has 4 aromatic rings. The number of benzene rings is 3. The Labute approximate surface area is 180 Å². The maximum atomic E-state index is 13.3. The summed E-state index contributed by atoms with van der Waals surface area (Å²) in [5.74, 6) is -0.00733. The molecule has 0 fully saturated rings. The highest BCUT2D eigenvalue weighted by Crippen LogP contribution is 2.32. The van der Waals surface area contributed by atoms with E-state index in [9.17, 15) is 13.2 Å². The number of aromatic nitrogens is 1. The number of sulfonamides is 1. The Morgan fingerprint density at radius 1 is 0.903 bits per heavy atom. The molecule has 0 atom stereocenters. The summed E-state index contributed by atoms with van der Waals surface area (Å²) in [6.45, 7) is 0.388. The third kappa shape index (κ3) is 3.53. The smallest absolute Gasteiger partial charge is 0.264 e. The van der Waals surface area contributed by atoms with E-state index in [1.807, 2.05) is 54.6 Å². The molecular weight excluding hydrogens is 410 g/mol. The van der Waals surface area contributed by atoms with Crippen LogP contribution in [0.3, 0.4) is 0 Å². The van der Waals surface area contributed by atoms with Gasteiger partial charge < -0.3 is 5.32 Å². The van der Waals surface area contributed by atoms with Gasteiger partial charge in [-0.25, -0.2) is 13.4 Å². The molecule has 1 aliphatic rings. The van der Waals surface area contributed by atoms with Crippen molar-refractivity contribution in [1.82, 2.24) is 4.98 Å². The lowest BCUT2D eigenvalue weighted by atomic mass is 10.2. The standard InChI is InChI=1S/C24H19N3O3S/c28-24(26-23-13-12-17-6-1-3-10-21(17)25-23)19-8-5-9-20(16-19)31(29,30)27-15-14-18-7-2-4-11-22(18)27/h1-13,16H,14-15H2,(H,25,26,28). The number of hydrogen-bond donors (Lipinski definition) is 1. The van der Waals surface area contributed by atoms with Crippen LogP contribution in [0.4, 0.5) is 11.5 Å². The summed E-state index contributed by atoms with van der Waals surface area (Å²) < 4.78 is 27.9. The predicted octanol–water partition coefficient (Wildman–Crippen LogP) is 4.24. The third-order valence-electron chi connectivity index (χ3n) is 5.37. The average Bonchev–Trinajstić information content (AvgIpc) is 3.24. The van der Waals surface area contributed by atoms with Crippen LogP contribution in [-0.2, 0) is 16.4 Å². The van der Waals surface area contributed by atoms with Crippen molar-refractivity contribution in [3.05, 3.63) is 96.1 Å². The topological polar surface area (TPSA) is 79.4 Å². The van der Waals surface area contributed by atoms with Crippen molar-refractivity contribution in [2.75, 3.05) is 16.2 Å². The van der Waals surface area contributed by atoms with Crippen LogP contribution < -0.4 is 9.62 Å². The summed E-state index contributed by atoms with van der Waals surface area (Å²) in [7, 11) is -3.77. The molecule has 1 aromatic heterocycles. The molecule has 6 nitrogen and oxygen atoms in total. The molecule has 0 bridgehead atoms. The van der Waals surface area contributed by atoms with E-state index in [-0.39, 0.29) is 10.5 Å². The van der Waals surface area contributed by atoms with E-state index in [4.69, 9.17) is 0 Å². The summed E-state index contributed by atoms with van der Waals surface area (Å²) in [5.41, 5.74) is 2.72. The number of pyridine rings is 1. The molecule has 0 spiro atoms. The van der Waals surface area contributed by atoms with Gasteiger partial charge in [0.05, 0.1) is 16.1 Å². The fraction of sp³-hybridized carbons (Fsp3) is 0.0833. The maximum absolute atomic E-state index is 13.3. The number of nitrogens with one attached hydrogen (secondary N) is 1. The van der Waals surface area contributed by atoms with Crippen LogP contribution in [0, 0.1) is 0 Å². The van der Waals surface area contributed by atoms with Crippen LogP contribution in [0.1, 0.15) is 15.9 Å². The van der Waals surface area contributed by atoms with Gasteiger partial charge in [0.1, 0.15) is 5.82 Å². The highest BCUT2D eigenvalue weighted by atomic mass is 32.2. The first-order valence-corrected chi connectivity index (χ1v) is 11.3. The van der Waals surface area contributed by atoms with Gasteiger partial charge in [0, 0.05) is 17.5 Å². The zero-order chi connectivity index (χ0) is 21.4. The van der Waals surface area contributed by atoms with Crippen LogP contribution in [0.25, 0.3) is 10.9 Å². The minimum absolute atomic E-state index is 0.0864. The molecule has 31 heavy (non-hydrogen) atoms. The maximum Gasteiger partial charge on any atom is 0.264 e. The molecule has 1 aliphatic heterocycles. The first-order valence-electron chi connectivity index (χ1n) is 9.90. The molecule has 2 heterocycles. The molecule has 0 saturated heterocycles. The van der Waals surface area contributed by atoms with Gasteiger partial charge in [-0.3, -0.25) is 9.10 Å². The molecular formula is C24H19N3O3S. The molecule has 154 valence electrons. The minimum Gasteiger partial charge on any atom is -0.307 e. The molecule has 7 heteroatoms. The van der Waals surface area contributed by atoms with Crippen LogP contribution in [0.5, 0.6) is 0 Å². The van der Waals surface area contributed by atoms with Crippen LogP contribution in [-0.4, -0.2) is 25.9 Å². The SMILES string of the molecule is O=C(Nc1ccc2ccccc2n1)c1cccc(S(=O)(=O)N2CCc3ccccc32)c1. The summed E-state index contributed by atoms with van der Waals surface area (Å²) >= 11 is 0. The molecule has 3 aromatic carbocycles. The van der Waals surface area contributed by atoms with Gasteiger partial charge in [0.25, 0.3) is 15.9 Å². The Bertz CT molecular complexity index is 1420. The summed E-state index contributed by atoms with van der Waals surface area (Å²) in [6.07, 6.45) is 0.670. The minimum atomic E-state index is -3.77. The van der Waals surface area contributed by atoms with Crippen LogP contribution in [0.2, 0.25) is 0 Å². The number of anilines is 2. The van der Waals surface area contributed by atoms with Crippen LogP contribution in [0.15, 0.2) is 89.8 Å². The molecule has 0 unspecified atom stereocenters. The third-order valence-corrected chi connectivity index (χ3v) is 7.18. The van der Waals surface area contributed by atoms with Gasteiger partial charge in [-0.2, -0.15) is 0 Å². The molecule has 0 radical (unpaired) electrons. The van der Waals surface area contributed by atoms with Gasteiger partial charge in [0.15, 0.2) is 0 Å². The van der Waals surface area contributed by atoms with Crippen LogP contribution >= 0.6 is 0 Å². The van der Waals surface area contributed by atoms with E-state index in [0.29, 0.717) is 24.5 Å². The predicted molar refractivity (Wildman–Crippen MR) is 121 cm³/mol. The van der Waals surface area contributed by atoms with E-state index in [0.717, 1.165) is 16.5 Å². The Balaban J connectivity index is 1.42. The average molecular weight is 430 g/mol. The zero-order valence-corrected chi connectivity index (χ0v) is 17.3. The second kappa shape index (κ2) is 7.52. The molecule has 5 rings (SSSR count). The van der Waals surface area contributed by atoms with E-state index < -0.39 is 15.9 Å². The Morgan fingerprint density at radius 3 is 2.61 bits per heavy atom. The van der Waals surface area contributed by atoms with Crippen molar-refractivity contribution in [2.45, 2.75) is 11.3 Å². The number of fused-ring (bicyclic) bond motifs is 2. The van der Waals surface area contributed by atoms with Gasteiger partial charge in [-0.15, -0.1) is 0 Å². The number of hydrogen-bond acceptors (Lipinski definition) is 4. The number of nitrogens with zero attached hydrogens (tertiary/aromatic N) is 2. The van der Waals surface area contributed by atoms with Crippen molar-refractivity contribution in [3.8, 4) is 0 Å². The van der Waals surface area contributed by atoms with Gasteiger partial charge in [-0.1, -0.05) is 42.5 Å². The molecule has 1 amide bonds. The summed E-state index contributed by atoms with van der Waals surface area (Å²) in [5, 5.41) is 3.73. The van der Waals surface area contributed by atoms with Crippen molar-refractivity contribution >= 4 is 38.3 Å². The fourth-order valence-corrected chi connectivity index (χ4v) is 5.36. The number of carbonyl (C=O) groups excluding carboxylic acids is 1. The molecule has 1 N–H and O–H groups in total. The van der Waals surface area contributed by atoms with E-state index >= 15 is 0 Å². The lowest BCUT2D eigenvalue weighted by molar-refractivity contribution is 0.102. The van der Waals surface area contributed by atoms with Crippen molar-refractivity contribution in [1.29, 1.82) is 0 Å². The monoisotopic (exact) mass is 429 g/mol. The lowest BCUT2D eigenvalue weighted by Crippen LogP contribution is -2.29. The quantitative estimate of drug-likeness (QED) is 0.526. The van der Waals surface area contributed by atoms with E-state index in [2.05, 4.69) is 10.3 Å². The lowest BCUT2D eigenvalue weighted by Gasteiger charge is -2.20. The summed E-state index contributed by atoms with van der Waals surface area (Å²) in [4.78, 5) is 17.3. The van der Waals surface area contributed by atoms with Crippen molar-refractivity contribution in [2.24, 2.45) is 0 Å². The van der Waals surface area contributed by atoms with Crippen molar-refractivity contribution < 1.29 is 13.2 Å². The Hall–Kier alpha value is -3.71. The number of rotatable bonds is 4. The second-order valence-electron chi connectivity index (χ2n) is 7.33. The normalized spacial score (nSPS) is 13.2. The molecule has 0 saturated carbocycles. The second-order valence-corrected chi connectivity index (χ2v) is 9.19. The van der Waals surface area contributed by atoms with Gasteiger partial charge in [0.2, 0.25) is 0 Å². The highest BCUT2D eigenvalue weighted by molar-refractivity contribution is 7.92. The number of para-hydroxylation sites is 2. The van der Waals surface area contributed by atoms with Gasteiger partial charge in [-0.05, 0) is 54.4 Å². The highest BCUT2D eigenvalue weighted by Gasteiger charge is 2.30. The summed E-state index contributed by atoms with van der Waals surface area (Å²) in [6, 6.07) is 24.8. The Morgan fingerprint density at radius 2 is 1.71 bits per heavy atom. The largest absolute Gasteiger partial charge is 0.307 e. The number of carbonyl (C=O) groups is 1. The first-order chi connectivity index (χ1) is 15.0. The molecule has 0 aliphatic carbocycles. The van der Waals surface area contributed by atoms with Gasteiger partial charge >= 0.3 is 0 Å². The fourth-order valence-electron chi connectivity index (χ4n) is 3.81. The van der Waals surface area contributed by atoms with E-state index in [1.165, 1.54) is 16.4 Å².